The van der Waals surface area contributed by atoms with Gasteiger partial charge in [0.1, 0.15) is 29.9 Å². The Balaban J connectivity index is 3.48. The van der Waals surface area contributed by atoms with E-state index in [9.17, 15) is 13.2 Å². The van der Waals surface area contributed by atoms with Gasteiger partial charge in [-0.15, -0.1) is 0 Å². The fourth-order valence-electron chi connectivity index (χ4n) is 1.17. The molecule has 0 bridgehead atoms. The van der Waals surface area contributed by atoms with Crippen LogP contribution in [0.15, 0.2) is 12.2 Å². The summed E-state index contributed by atoms with van der Waals surface area (Å²) in [5.74, 6) is -5.53. The molecule has 6 heteroatoms. The number of nitrogens with zero attached hydrogens (tertiary/aromatic N) is 2. The van der Waals surface area contributed by atoms with Gasteiger partial charge in [0.2, 0.25) is 5.82 Å². The van der Waals surface area contributed by atoms with Crippen molar-refractivity contribution in [3.05, 3.63) is 40.7 Å². The summed E-state index contributed by atoms with van der Waals surface area (Å²) in [6.45, 7) is 4.82. The van der Waals surface area contributed by atoms with Gasteiger partial charge in [0.25, 0.3) is 0 Å². The first-order chi connectivity index (χ1) is 8.43. The monoisotopic (exact) mass is 252 g/mol. The summed E-state index contributed by atoms with van der Waals surface area (Å²) in [7, 11) is 0. The molecule has 0 radical (unpaired) electrons. The van der Waals surface area contributed by atoms with E-state index in [0.717, 1.165) is 6.07 Å². The summed E-state index contributed by atoms with van der Waals surface area (Å²) in [5.41, 5.74) is -1.51. The molecule has 18 heavy (non-hydrogen) atoms. The van der Waals surface area contributed by atoms with Crippen molar-refractivity contribution in [3.63, 3.8) is 0 Å². The molecule has 0 aromatic heterocycles. The Bertz CT molecular complexity index is 597. The Morgan fingerprint density at radius 2 is 1.67 bits per heavy atom. The van der Waals surface area contributed by atoms with Crippen LogP contribution in [0.1, 0.15) is 18.1 Å². The highest BCUT2D eigenvalue weighted by molar-refractivity contribution is 5.52. The third kappa shape index (κ3) is 2.28. The van der Waals surface area contributed by atoms with Gasteiger partial charge in [0.05, 0.1) is 0 Å². The van der Waals surface area contributed by atoms with Gasteiger partial charge in [-0.1, -0.05) is 6.58 Å². The minimum absolute atomic E-state index is 0.198. The zero-order valence-corrected chi connectivity index (χ0v) is 9.35. The second-order valence-corrected chi connectivity index (χ2v) is 3.49. The van der Waals surface area contributed by atoms with Crippen LogP contribution in [-0.4, -0.2) is 6.61 Å². The smallest absolute Gasteiger partial charge is 0.203 e. The Morgan fingerprint density at radius 1 is 1.11 bits per heavy atom. The molecular formula is C12H7F3N2O. The van der Waals surface area contributed by atoms with Crippen molar-refractivity contribution in [2.24, 2.45) is 0 Å². The highest BCUT2D eigenvalue weighted by Crippen LogP contribution is 2.30. The normalized spacial score (nSPS) is 9.44. The van der Waals surface area contributed by atoms with Gasteiger partial charge in [-0.3, -0.25) is 0 Å². The number of hydrogen-bond acceptors (Lipinski definition) is 3. The summed E-state index contributed by atoms with van der Waals surface area (Å²) in [6, 6.07) is 2.50. The van der Waals surface area contributed by atoms with E-state index in [1.54, 1.807) is 6.92 Å². The Labute approximate surface area is 101 Å². The maximum absolute atomic E-state index is 13.5. The fourth-order valence-corrected chi connectivity index (χ4v) is 1.17. The first-order valence-electron chi connectivity index (χ1n) is 4.71. The summed E-state index contributed by atoms with van der Waals surface area (Å²) >= 11 is 0. The van der Waals surface area contributed by atoms with Gasteiger partial charge in [-0.2, -0.15) is 14.9 Å². The van der Waals surface area contributed by atoms with Crippen LogP contribution in [0.4, 0.5) is 13.2 Å². The lowest BCUT2D eigenvalue weighted by atomic mass is 10.1. The summed E-state index contributed by atoms with van der Waals surface area (Å²) in [4.78, 5) is 0. The van der Waals surface area contributed by atoms with Crippen molar-refractivity contribution in [2.75, 3.05) is 6.61 Å². The first kappa shape index (κ1) is 13.6. The Kier molecular flexibility index (Phi) is 3.96. The molecule has 0 aliphatic rings. The molecule has 0 unspecified atom stereocenters. The van der Waals surface area contributed by atoms with Crippen molar-refractivity contribution >= 4 is 0 Å². The van der Waals surface area contributed by atoms with Crippen LogP contribution in [0, 0.1) is 40.1 Å². The molecule has 3 nitrogen and oxygen atoms in total. The number of nitriles is 2. The fraction of sp³-hybridized carbons (Fsp3) is 0.167. The van der Waals surface area contributed by atoms with Gasteiger partial charge in [-0.25, -0.2) is 8.78 Å². The average molecular weight is 252 g/mol. The predicted molar refractivity (Wildman–Crippen MR) is 56.1 cm³/mol. The standard InChI is InChI=1S/C12H7F3N2O/c1-6(2)5-18-12-8(4-17)9(13)7(3-16)10(14)11(12)15/h1,5H2,2H3. The van der Waals surface area contributed by atoms with E-state index in [-0.39, 0.29) is 6.61 Å². The summed E-state index contributed by atoms with van der Waals surface area (Å²) < 4.78 is 45.2. The molecule has 0 heterocycles. The molecule has 0 N–H and O–H groups in total. The van der Waals surface area contributed by atoms with E-state index in [1.807, 2.05) is 0 Å². The molecule has 1 aromatic carbocycles. The minimum atomic E-state index is -1.68. The lowest BCUT2D eigenvalue weighted by molar-refractivity contribution is 0.319. The topological polar surface area (TPSA) is 56.8 Å². The lowest BCUT2D eigenvalue weighted by Gasteiger charge is -2.10. The van der Waals surface area contributed by atoms with Crippen LogP contribution in [-0.2, 0) is 0 Å². The second-order valence-electron chi connectivity index (χ2n) is 3.49. The molecule has 1 rings (SSSR count). The van der Waals surface area contributed by atoms with Crippen molar-refractivity contribution in [3.8, 4) is 17.9 Å². The van der Waals surface area contributed by atoms with Crippen molar-refractivity contribution in [2.45, 2.75) is 6.92 Å². The minimum Gasteiger partial charge on any atom is -0.485 e. The zero-order valence-electron chi connectivity index (χ0n) is 9.35. The largest absolute Gasteiger partial charge is 0.485 e. The van der Waals surface area contributed by atoms with Crippen molar-refractivity contribution in [1.82, 2.24) is 0 Å². The van der Waals surface area contributed by atoms with Crippen LogP contribution >= 0.6 is 0 Å². The second kappa shape index (κ2) is 5.24. The maximum atomic E-state index is 13.5. The van der Waals surface area contributed by atoms with E-state index in [4.69, 9.17) is 15.3 Å². The molecule has 0 amide bonds. The maximum Gasteiger partial charge on any atom is 0.203 e. The molecule has 0 saturated carbocycles. The molecular weight excluding hydrogens is 245 g/mol. The summed E-state index contributed by atoms with van der Waals surface area (Å²) in [6.07, 6.45) is 0. The number of hydrogen-bond donors (Lipinski definition) is 0. The van der Waals surface area contributed by atoms with Crippen LogP contribution in [0.2, 0.25) is 0 Å². The highest BCUT2D eigenvalue weighted by Gasteiger charge is 2.26. The van der Waals surface area contributed by atoms with Crippen LogP contribution in [0.25, 0.3) is 0 Å². The third-order valence-corrected chi connectivity index (χ3v) is 1.96. The van der Waals surface area contributed by atoms with Gasteiger partial charge in [0.15, 0.2) is 17.4 Å². The molecule has 0 aliphatic heterocycles. The van der Waals surface area contributed by atoms with Gasteiger partial charge >= 0.3 is 0 Å². The van der Waals surface area contributed by atoms with E-state index in [2.05, 4.69) is 6.58 Å². The van der Waals surface area contributed by atoms with Crippen molar-refractivity contribution in [1.29, 1.82) is 10.5 Å². The average Bonchev–Trinajstić information content (AvgIpc) is 2.32. The quantitative estimate of drug-likeness (QED) is 0.614. The third-order valence-electron chi connectivity index (χ3n) is 1.96. The van der Waals surface area contributed by atoms with E-state index >= 15 is 0 Å². The molecule has 0 saturated heterocycles. The number of benzene rings is 1. The van der Waals surface area contributed by atoms with Crippen LogP contribution < -0.4 is 4.74 Å². The molecule has 0 aliphatic carbocycles. The first-order valence-corrected chi connectivity index (χ1v) is 4.71. The lowest BCUT2D eigenvalue weighted by Crippen LogP contribution is -2.07. The predicted octanol–water partition coefficient (Wildman–Crippen LogP) is 2.80. The molecule has 92 valence electrons. The van der Waals surface area contributed by atoms with Gasteiger partial charge in [0, 0.05) is 0 Å². The van der Waals surface area contributed by atoms with Gasteiger partial charge < -0.3 is 4.74 Å². The van der Waals surface area contributed by atoms with Crippen LogP contribution in [0.5, 0.6) is 5.75 Å². The Hall–Kier alpha value is -2.47. The SMILES string of the molecule is C=C(C)COc1c(F)c(F)c(C#N)c(F)c1C#N. The summed E-state index contributed by atoms with van der Waals surface area (Å²) in [5, 5.41) is 17.2. The van der Waals surface area contributed by atoms with Crippen molar-refractivity contribution < 1.29 is 17.9 Å². The highest BCUT2D eigenvalue weighted by atomic mass is 19.2. The van der Waals surface area contributed by atoms with Crippen LogP contribution in [0.3, 0.4) is 0 Å². The van der Waals surface area contributed by atoms with E-state index < -0.39 is 34.3 Å². The van der Waals surface area contributed by atoms with E-state index in [1.165, 1.54) is 6.07 Å². The number of halogens is 3. The number of rotatable bonds is 3. The molecule has 0 spiro atoms. The molecule has 0 fully saturated rings. The van der Waals surface area contributed by atoms with E-state index in [0.29, 0.717) is 5.57 Å². The molecule has 0 atom stereocenters. The van der Waals surface area contributed by atoms with Gasteiger partial charge in [-0.05, 0) is 12.5 Å². The number of ether oxygens (including phenoxy) is 1. The Morgan fingerprint density at radius 3 is 2.11 bits per heavy atom. The molecule has 1 aromatic rings. The zero-order chi connectivity index (χ0) is 13.9.